The highest BCUT2D eigenvalue weighted by molar-refractivity contribution is 5.97. The first-order valence-corrected chi connectivity index (χ1v) is 11.6. The molecule has 178 valence electrons. The topological polar surface area (TPSA) is 99.5 Å². The maximum atomic E-state index is 12.9. The van der Waals surface area contributed by atoms with Crippen molar-refractivity contribution in [3.8, 4) is 0 Å². The standard InChI is InChI=1S/C25H33N3O5/c1-4-21-23-22(7-5-13-32-14-6-12-26-24(23)30)28(27-21)15-17(2)16-33-25(31)20-10-8-19(9-11-20)18(3)29/h8-11,17H,4-7,12-16H2,1-3H3,(H,26,30)/t17-/m1/s1. The van der Waals surface area contributed by atoms with Gasteiger partial charge in [0.1, 0.15) is 0 Å². The van der Waals surface area contributed by atoms with Gasteiger partial charge in [0.15, 0.2) is 5.78 Å². The van der Waals surface area contributed by atoms with Crippen LogP contribution in [-0.4, -0.2) is 53.8 Å². The molecule has 0 unspecified atom stereocenters. The van der Waals surface area contributed by atoms with Gasteiger partial charge < -0.3 is 14.8 Å². The lowest BCUT2D eigenvalue weighted by molar-refractivity contribution is 0.0435. The summed E-state index contributed by atoms with van der Waals surface area (Å²) in [6.45, 7) is 8.09. The lowest BCUT2D eigenvalue weighted by Crippen LogP contribution is -2.27. The van der Waals surface area contributed by atoms with Gasteiger partial charge >= 0.3 is 5.97 Å². The normalized spacial score (nSPS) is 15.7. The van der Waals surface area contributed by atoms with E-state index in [1.165, 1.54) is 6.92 Å². The van der Waals surface area contributed by atoms with Gasteiger partial charge in [-0.3, -0.25) is 14.3 Å². The van der Waals surface area contributed by atoms with Gasteiger partial charge in [-0.15, -0.1) is 0 Å². The molecule has 0 aliphatic carbocycles. The Bertz CT molecular complexity index is 981. The Hall–Kier alpha value is -3.00. The van der Waals surface area contributed by atoms with E-state index in [0.29, 0.717) is 55.8 Å². The zero-order valence-electron chi connectivity index (χ0n) is 19.7. The molecule has 1 aliphatic heterocycles. The molecule has 0 spiro atoms. The number of ether oxygens (including phenoxy) is 2. The van der Waals surface area contributed by atoms with Crippen LogP contribution in [-0.2, 0) is 28.9 Å². The number of ketones is 1. The van der Waals surface area contributed by atoms with Gasteiger partial charge in [0, 0.05) is 37.8 Å². The summed E-state index contributed by atoms with van der Waals surface area (Å²) in [5.74, 6) is -0.562. The molecule has 1 atom stereocenters. The van der Waals surface area contributed by atoms with E-state index in [9.17, 15) is 14.4 Å². The van der Waals surface area contributed by atoms with Crippen molar-refractivity contribution in [1.82, 2.24) is 15.1 Å². The summed E-state index contributed by atoms with van der Waals surface area (Å²) in [5.41, 5.74) is 3.34. The average molecular weight is 456 g/mol. The Balaban J connectivity index is 1.68. The largest absolute Gasteiger partial charge is 0.462 e. The molecule has 1 amide bonds. The first kappa shape index (κ1) is 24.6. The van der Waals surface area contributed by atoms with Crippen molar-refractivity contribution >= 4 is 17.7 Å². The van der Waals surface area contributed by atoms with E-state index in [1.54, 1.807) is 24.3 Å². The summed E-state index contributed by atoms with van der Waals surface area (Å²) in [6.07, 6.45) is 2.97. The third-order valence-electron chi connectivity index (χ3n) is 5.66. The maximum Gasteiger partial charge on any atom is 0.338 e. The van der Waals surface area contributed by atoms with E-state index in [0.717, 1.165) is 24.2 Å². The fourth-order valence-corrected chi connectivity index (χ4v) is 3.86. The lowest BCUT2D eigenvalue weighted by atomic mass is 10.1. The number of aryl methyl sites for hydroxylation is 1. The summed E-state index contributed by atoms with van der Waals surface area (Å²) in [4.78, 5) is 36.7. The molecule has 2 heterocycles. The van der Waals surface area contributed by atoms with Crippen molar-refractivity contribution in [2.24, 2.45) is 5.92 Å². The SMILES string of the molecule is CCc1nn(C[C@@H](C)COC(=O)c2ccc(C(C)=O)cc2)c2c1C(=O)NCCCOCCC2. The minimum Gasteiger partial charge on any atom is -0.462 e. The van der Waals surface area contributed by atoms with Crippen LogP contribution in [0.2, 0.25) is 0 Å². The van der Waals surface area contributed by atoms with E-state index in [-0.39, 0.29) is 24.2 Å². The van der Waals surface area contributed by atoms with Crippen molar-refractivity contribution in [1.29, 1.82) is 0 Å². The predicted molar refractivity (Wildman–Crippen MR) is 124 cm³/mol. The molecule has 0 bridgehead atoms. The number of carbonyl (C=O) groups is 3. The molecular weight excluding hydrogens is 422 g/mol. The van der Waals surface area contributed by atoms with Crippen LogP contribution >= 0.6 is 0 Å². The summed E-state index contributed by atoms with van der Waals surface area (Å²) in [7, 11) is 0. The third-order valence-corrected chi connectivity index (χ3v) is 5.66. The number of esters is 1. The average Bonchev–Trinajstić information content (AvgIpc) is 3.14. The van der Waals surface area contributed by atoms with Crippen molar-refractivity contribution < 1.29 is 23.9 Å². The summed E-state index contributed by atoms with van der Waals surface area (Å²) < 4.78 is 13.0. The number of benzene rings is 1. The molecule has 0 saturated heterocycles. The molecular formula is C25H33N3O5. The summed E-state index contributed by atoms with van der Waals surface area (Å²) in [6, 6.07) is 6.45. The van der Waals surface area contributed by atoms with Crippen LogP contribution in [0.5, 0.6) is 0 Å². The highest BCUT2D eigenvalue weighted by atomic mass is 16.5. The minimum atomic E-state index is -0.428. The monoisotopic (exact) mass is 455 g/mol. The van der Waals surface area contributed by atoms with Gasteiger partial charge in [-0.2, -0.15) is 5.10 Å². The summed E-state index contributed by atoms with van der Waals surface area (Å²) >= 11 is 0. The number of aromatic nitrogens is 2. The van der Waals surface area contributed by atoms with Crippen LogP contribution < -0.4 is 5.32 Å². The zero-order chi connectivity index (χ0) is 23.8. The van der Waals surface area contributed by atoms with E-state index in [2.05, 4.69) is 5.32 Å². The molecule has 1 N–H and O–H groups in total. The molecule has 0 radical (unpaired) electrons. The van der Waals surface area contributed by atoms with Crippen LogP contribution in [0.4, 0.5) is 0 Å². The number of fused-ring (bicyclic) bond motifs is 1. The van der Waals surface area contributed by atoms with Gasteiger partial charge in [-0.25, -0.2) is 4.79 Å². The second-order valence-electron chi connectivity index (χ2n) is 8.47. The third kappa shape index (κ3) is 6.51. The molecule has 1 aromatic heterocycles. The smallest absolute Gasteiger partial charge is 0.338 e. The number of hydrogen-bond donors (Lipinski definition) is 1. The second-order valence-corrected chi connectivity index (χ2v) is 8.47. The Kier molecular flexibility index (Phi) is 8.77. The predicted octanol–water partition coefficient (Wildman–Crippen LogP) is 3.22. The Morgan fingerprint density at radius 1 is 1.18 bits per heavy atom. The van der Waals surface area contributed by atoms with Crippen LogP contribution in [0.3, 0.4) is 0 Å². The molecule has 8 nitrogen and oxygen atoms in total. The Labute approximate surface area is 194 Å². The highest BCUT2D eigenvalue weighted by Gasteiger charge is 2.24. The Morgan fingerprint density at radius 2 is 1.88 bits per heavy atom. The summed E-state index contributed by atoms with van der Waals surface area (Å²) in [5, 5.41) is 7.71. The van der Waals surface area contributed by atoms with Gasteiger partial charge in [0.05, 0.1) is 29.1 Å². The number of nitrogens with one attached hydrogen (secondary N) is 1. The maximum absolute atomic E-state index is 12.9. The quantitative estimate of drug-likeness (QED) is 0.508. The van der Waals surface area contributed by atoms with Crippen LogP contribution in [0.25, 0.3) is 0 Å². The van der Waals surface area contributed by atoms with Gasteiger partial charge in [0.25, 0.3) is 5.91 Å². The minimum absolute atomic E-state index is 0.00311. The highest BCUT2D eigenvalue weighted by Crippen LogP contribution is 2.20. The van der Waals surface area contributed by atoms with Crippen molar-refractivity contribution in [3.63, 3.8) is 0 Å². The molecule has 0 saturated carbocycles. The molecule has 1 aromatic carbocycles. The first-order chi connectivity index (χ1) is 15.9. The molecule has 3 rings (SSSR count). The fraction of sp³-hybridized carbons (Fsp3) is 0.520. The van der Waals surface area contributed by atoms with E-state index >= 15 is 0 Å². The number of Topliss-reactive ketones (excluding diaryl/α,β-unsaturated/α-hetero) is 1. The number of nitrogens with zero attached hydrogens (tertiary/aromatic N) is 2. The van der Waals surface area contributed by atoms with E-state index < -0.39 is 5.97 Å². The zero-order valence-corrected chi connectivity index (χ0v) is 19.7. The fourth-order valence-electron chi connectivity index (χ4n) is 3.86. The van der Waals surface area contributed by atoms with E-state index in [4.69, 9.17) is 14.6 Å². The van der Waals surface area contributed by atoms with Gasteiger partial charge in [0.2, 0.25) is 0 Å². The second kappa shape index (κ2) is 11.7. The Morgan fingerprint density at radius 3 is 2.58 bits per heavy atom. The number of hydrogen-bond acceptors (Lipinski definition) is 6. The molecule has 1 aliphatic rings. The molecule has 33 heavy (non-hydrogen) atoms. The van der Waals surface area contributed by atoms with Gasteiger partial charge in [-0.05, 0) is 44.7 Å². The van der Waals surface area contributed by atoms with Crippen LogP contribution in [0.15, 0.2) is 24.3 Å². The lowest BCUT2D eigenvalue weighted by Gasteiger charge is -2.15. The number of rotatable bonds is 7. The molecule has 0 fully saturated rings. The molecule has 8 heteroatoms. The van der Waals surface area contributed by atoms with E-state index in [1.807, 2.05) is 18.5 Å². The van der Waals surface area contributed by atoms with Crippen molar-refractivity contribution in [2.45, 2.75) is 53.0 Å². The van der Waals surface area contributed by atoms with Gasteiger partial charge in [-0.1, -0.05) is 26.0 Å². The van der Waals surface area contributed by atoms with Crippen LogP contribution in [0, 0.1) is 5.92 Å². The van der Waals surface area contributed by atoms with Crippen molar-refractivity contribution in [2.75, 3.05) is 26.4 Å². The first-order valence-electron chi connectivity index (χ1n) is 11.6. The molecule has 2 aromatic rings. The van der Waals surface area contributed by atoms with Crippen molar-refractivity contribution in [3.05, 3.63) is 52.3 Å². The number of amides is 1. The van der Waals surface area contributed by atoms with Crippen LogP contribution in [0.1, 0.15) is 76.1 Å². The number of carbonyl (C=O) groups excluding carboxylic acids is 3.